The number of hydrogen-bond acceptors (Lipinski definition) is 0. The zero-order chi connectivity index (χ0) is 10.3. The minimum Gasteiger partial charge on any atom is -0.0683 e. The van der Waals surface area contributed by atoms with E-state index in [0.717, 1.165) is 5.92 Å². The summed E-state index contributed by atoms with van der Waals surface area (Å²) in [6.45, 7) is 18.6. The minimum absolute atomic E-state index is 0.884. The van der Waals surface area contributed by atoms with Crippen LogP contribution in [0.5, 0.6) is 0 Å². The molecule has 0 aliphatic heterocycles. The Morgan fingerprint density at radius 1 is 0.727 bits per heavy atom. The normalized spacial score (nSPS) is 6.00. The third-order valence-electron chi connectivity index (χ3n) is 0.816. The smallest absolute Gasteiger partial charge is 0.0474 e. The van der Waals surface area contributed by atoms with E-state index in [2.05, 4.69) is 20.8 Å². The van der Waals surface area contributed by atoms with E-state index in [1.54, 1.807) is 0 Å². The Morgan fingerprint density at radius 3 is 0.818 bits per heavy atom. The molecule has 0 amide bonds. The fourth-order valence-electron chi connectivity index (χ4n) is 0. The van der Waals surface area contributed by atoms with Gasteiger partial charge >= 0.3 is 0 Å². The molecule has 0 aromatic heterocycles. The lowest BCUT2D eigenvalue weighted by Crippen LogP contribution is -1.77. The molecule has 0 saturated carbocycles. The molecule has 0 N–H and O–H groups in total. The maximum absolute atomic E-state index is 2.22. The van der Waals surface area contributed by atoms with Gasteiger partial charge in [-0.25, -0.2) is 0 Å². The monoisotopic (exact) mass is 162 g/mol. The summed E-state index contributed by atoms with van der Waals surface area (Å²) in [5.74, 6) is 0.884. The average molecular weight is 162 g/mol. The van der Waals surface area contributed by atoms with Crippen LogP contribution in [0.1, 0.15) is 68.7 Å². The van der Waals surface area contributed by atoms with Gasteiger partial charge in [0.1, 0.15) is 0 Å². The van der Waals surface area contributed by atoms with Crippen LogP contribution in [0.15, 0.2) is 0 Å². The summed E-state index contributed by atoms with van der Waals surface area (Å²) < 4.78 is 0. The van der Waals surface area contributed by atoms with Crippen LogP contribution >= 0.6 is 0 Å². The molecule has 0 saturated heterocycles. The van der Waals surface area contributed by atoms with Gasteiger partial charge in [-0.15, -0.1) is 0 Å². The Hall–Kier alpha value is 0. The van der Waals surface area contributed by atoms with E-state index >= 15 is 0 Å². The van der Waals surface area contributed by atoms with E-state index in [0.29, 0.717) is 0 Å². The molecule has 0 spiro atoms. The summed E-state index contributed by atoms with van der Waals surface area (Å²) in [6, 6.07) is 0. The van der Waals surface area contributed by atoms with Crippen LogP contribution in [-0.4, -0.2) is 0 Å². The predicted molar refractivity (Wildman–Crippen MR) is 59.2 cm³/mol. The van der Waals surface area contributed by atoms with Crippen LogP contribution in [0.25, 0.3) is 0 Å². The molecule has 0 heteroatoms. The van der Waals surface area contributed by atoms with Gasteiger partial charge in [-0.2, -0.15) is 0 Å². The van der Waals surface area contributed by atoms with Crippen molar-refractivity contribution in [2.24, 2.45) is 5.92 Å². The first-order valence-electron chi connectivity index (χ1n) is 5.27. The maximum Gasteiger partial charge on any atom is -0.0474 e. The standard InChI is InChI=1S/C5H12.3C2H6/c1-4-5(2)3;3*1-2/h5H,4H2,1-3H3;3*1-2H3. The van der Waals surface area contributed by atoms with E-state index in [1.807, 2.05) is 41.5 Å². The molecule has 0 atom stereocenters. The molecule has 0 rings (SSSR count). The van der Waals surface area contributed by atoms with Crippen LogP contribution in [0.3, 0.4) is 0 Å². The van der Waals surface area contributed by atoms with Crippen molar-refractivity contribution in [2.45, 2.75) is 68.7 Å². The van der Waals surface area contributed by atoms with E-state index < -0.39 is 0 Å². The summed E-state index contributed by atoms with van der Waals surface area (Å²) in [5.41, 5.74) is 0. The largest absolute Gasteiger partial charge is 0.0683 e. The highest BCUT2D eigenvalue weighted by molar-refractivity contribution is 4.32. The van der Waals surface area contributed by atoms with E-state index in [1.165, 1.54) is 6.42 Å². The van der Waals surface area contributed by atoms with Crippen molar-refractivity contribution < 1.29 is 0 Å². The van der Waals surface area contributed by atoms with E-state index in [9.17, 15) is 0 Å². The molecular weight excluding hydrogens is 132 g/mol. The van der Waals surface area contributed by atoms with Crippen molar-refractivity contribution in [1.29, 1.82) is 0 Å². The maximum atomic E-state index is 2.22. The molecule has 0 aliphatic carbocycles. The molecular formula is C11H30. The minimum atomic E-state index is 0.884. The van der Waals surface area contributed by atoms with Gasteiger partial charge in [0.05, 0.1) is 0 Å². The van der Waals surface area contributed by atoms with Crippen LogP contribution in [0.4, 0.5) is 0 Å². The third kappa shape index (κ3) is 160. The third-order valence-corrected chi connectivity index (χ3v) is 0.816. The molecule has 0 radical (unpaired) electrons. The van der Waals surface area contributed by atoms with Crippen molar-refractivity contribution in [3.8, 4) is 0 Å². The molecule has 0 aromatic carbocycles. The fraction of sp³-hybridized carbons (Fsp3) is 1.00. The highest BCUT2D eigenvalue weighted by Gasteiger charge is 1.80. The molecule has 11 heavy (non-hydrogen) atoms. The average Bonchev–Trinajstić information content (AvgIpc) is 2.15. The molecule has 0 nitrogen and oxygen atoms in total. The summed E-state index contributed by atoms with van der Waals surface area (Å²) >= 11 is 0. The van der Waals surface area contributed by atoms with Crippen LogP contribution < -0.4 is 0 Å². The van der Waals surface area contributed by atoms with Crippen molar-refractivity contribution in [2.75, 3.05) is 0 Å². The SMILES string of the molecule is CC.CC.CC.CCC(C)C. The Balaban J connectivity index is -0.0000000350. The zero-order valence-corrected chi connectivity index (χ0v) is 10.3. The van der Waals surface area contributed by atoms with Gasteiger partial charge in [-0.05, 0) is 5.92 Å². The summed E-state index contributed by atoms with van der Waals surface area (Å²) in [6.07, 6.45) is 1.31. The second-order valence-corrected chi connectivity index (χ2v) is 1.80. The van der Waals surface area contributed by atoms with Crippen molar-refractivity contribution in [3.05, 3.63) is 0 Å². The molecule has 0 aromatic rings. The van der Waals surface area contributed by atoms with Crippen LogP contribution in [-0.2, 0) is 0 Å². The molecule has 0 bridgehead atoms. The van der Waals surface area contributed by atoms with Gasteiger partial charge in [0.2, 0.25) is 0 Å². The topological polar surface area (TPSA) is 0 Å². The van der Waals surface area contributed by atoms with Crippen molar-refractivity contribution in [3.63, 3.8) is 0 Å². The molecule has 0 unspecified atom stereocenters. The molecule has 0 heterocycles. The molecule has 0 aliphatic rings. The van der Waals surface area contributed by atoms with Crippen molar-refractivity contribution in [1.82, 2.24) is 0 Å². The summed E-state index contributed by atoms with van der Waals surface area (Å²) in [4.78, 5) is 0. The lowest BCUT2D eigenvalue weighted by Gasteiger charge is -1.90. The Kier molecular flexibility index (Phi) is 103. The van der Waals surface area contributed by atoms with E-state index in [4.69, 9.17) is 0 Å². The zero-order valence-electron chi connectivity index (χ0n) is 10.3. The lowest BCUT2D eigenvalue weighted by atomic mass is 10.2. The first kappa shape index (κ1) is 22.4. The summed E-state index contributed by atoms with van der Waals surface area (Å²) in [5, 5.41) is 0. The quantitative estimate of drug-likeness (QED) is 0.501. The predicted octanol–water partition coefficient (Wildman–Crippen LogP) is 5.13. The van der Waals surface area contributed by atoms with Gasteiger partial charge in [0, 0.05) is 0 Å². The second-order valence-electron chi connectivity index (χ2n) is 1.80. The van der Waals surface area contributed by atoms with Gasteiger partial charge in [-0.1, -0.05) is 68.7 Å². The van der Waals surface area contributed by atoms with Gasteiger partial charge in [0.25, 0.3) is 0 Å². The first-order chi connectivity index (χ1) is 5.27. The summed E-state index contributed by atoms with van der Waals surface area (Å²) in [7, 11) is 0. The first-order valence-corrected chi connectivity index (χ1v) is 5.27. The van der Waals surface area contributed by atoms with Gasteiger partial charge in [-0.3, -0.25) is 0 Å². The molecule has 0 fully saturated rings. The molecule has 74 valence electrons. The highest BCUT2D eigenvalue weighted by atomic mass is 13.9. The highest BCUT2D eigenvalue weighted by Crippen LogP contribution is 1.93. The van der Waals surface area contributed by atoms with E-state index in [-0.39, 0.29) is 0 Å². The van der Waals surface area contributed by atoms with Crippen LogP contribution in [0.2, 0.25) is 0 Å². The second kappa shape index (κ2) is 50.6. The number of rotatable bonds is 1. The Bertz CT molecular complexity index is 14.0. The number of hydrogen-bond donors (Lipinski definition) is 0. The van der Waals surface area contributed by atoms with Gasteiger partial charge < -0.3 is 0 Å². The lowest BCUT2D eigenvalue weighted by molar-refractivity contribution is 0.626. The van der Waals surface area contributed by atoms with Crippen molar-refractivity contribution >= 4 is 0 Å². The van der Waals surface area contributed by atoms with Gasteiger partial charge in [0.15, 0.2) is 0 Å². The Morgan fingerprint density at radius 2 is 0.818 bits per heavy atom. The van der Waals surface area contributed by atoms with Crippen LogP contribution in [0, 0.1) is 5.92 Å². The fourth-order valence-corrected chi connectivity index (χ4v) is 0. The Labute approximate surface area is 75.4 Å².